The summed E-state index contributed by atoms with van der Waals surface area (Å²) >= 11 is 0. The number of ether oxygens (including phenoxy) is 2. The van der Waals surface area contributed by atoms with Crippen LogP contribution in [0.5, 0.6) is 5.75 Å². The molecule has 5 nitrogen and oxygen atoms in total. The van der Waals surface area contributed by atoms with Crippen molar-refractivity contribution >= 4 is 11.8 Å². The second-order valence-electron chi connectivity index (χ2n) is 3.68. The fourth-order valence-electron chi connectivity index (χ4n) is 1.50. The van der Waals surface area contributed by atoms with Gasteiger partial charge in [-0.2, -0.15) is 0 Å². The van der Waals surface area contributed by atoms with Gasteiger partial charge in [0.25, 0.3) is 0 Å². The van der Waals surface area contributed by atoms with Crippen LogP contribution >= 0.6 is 0 Å². The van der Waals surface area contributed by atoms with E-state index in [-0.39, 0.29) is 12.4 Å². The fraction of sp³-hybridized carbons (Fsp3) is 0.385. The normalized spacial score (nSPS) is 9.89. The first-order chi connectivity index (χ1) is 8.58. The highest BCUT2D eigenvalue weighted by molar-refractivity contribution is 5.95. The third-order valence-electron chi connectivity index (χ3n) is 2.40. The molecule has 3 N–H and O–H groups in total. The predicted molar refractivity (Wildman–Crippen MR) is 69.0 cm³/mol. The summed E-state index contributed by atoms with van der Waals surface area (Å²) in [5.74, 6) is 0.243. The van der Waals surface area contributed by atoms with E-state index in [1.807, 2.05) is 6.92 Å². The molecule has 0 unspecified atom stereocenters. The molecule has 1 aromatic carbocycles. The van der Waals surface area contributed by atoms with Gasteiger partial charge in [-0.1, -0.05) is 6.92 Å². The first-order valence-electron chi connectivity index (χ1n) is 5.84. The van der Waals surface area contributed by atoms with E-state index in [4.69, 9.17) is 20.6 Å². The van der Waals surface area contributed by atoms with Crippen molar-refractivity contribution < 1.29 is 14.3 Å². The number of nitrogen functional groups attached to an aromatic ring is 1. The molecule has 1 aromatic rings. The zero-order valence-corrected chi connectivity index (χ0v) is 10.7. The molecule has 0 bridgehead atoms. The first-order valence-corrected chi connectivity index (χ1v) is 5.84. The van der Waals surface area contributed by atoms with Crippen LogP contribution in [0.2, 0.25) is 0 Å². The highest BCUT2D eigenvalue weighted by atomic mass is 16.6. The minimum absolute atomic E-state index is 0.0154. The SMILES string of the molecule is CCOC(=O)COc1ccc(C(=N)N)cc1CC. The largest absolute Gasteiger partial charge is 0.482 e. The Bertz CT molecular complexity index is 444. The lowest BCUT2D eigenvalue weighted by atomic mass is 10.1. The number of amidine groups is 1. The van der Waals surface area contributed by atoms with Crippen molar-refractivity contribution in [1.82, 2.24) is 0 Å². The number of esters is 1. The van der Waals surface area contributed by atoms with Crippen molar-refractivity contribution in [2.24, 2.45) is 5.73 Å². The first kappa shape index (κ1) is 14.0. The van der Waals surface area contributed by atoms with E-state index in [1.165, 1.54) is 0 Å². The lowest BCUT2D eigenvalue weighted by Gasteiger charge is -2.11. The molecular weight excluding hydrogens is 232 g/mol. The molecule has 18 heavy (non-hydrogen) atoms. The second kappa shape index (κ2) is 6.64. The van der Waals surface area contributed by atoms with Crippen LogP contribution in [0, 0.1) is 5.41 Å². The molecule has 5 heteroatoms. The average molecular weight is 250 g/mol. The molecule has 0 amide bonds. The molecule has 98 valence electrons. The Morgan fingerprint density at radius 3 is 2.67 bits per heavy atom. The van der Waals surface area contributed by atoms with Crippen LogP contribution < -0.4 is 10.5 Å². The van der Waals surface area contributed by atoms with Gasteiger partial charge in [0.1, 0.15) is 11.6 Å². The van der Waals surface area contributed by atoms with Crippen LogP contribution in [0.4, 0.5) is 0 Å². The van der Waals surface area contributed by atoms with Crippen LogP contribution in [0.3, 0.4) is 0 Å². The van der Waals surface area contributed by atoms with E-state index in [0.717, 1.165) is 12.0 Å². The standard InChI is InChI=1S/C13H18N2O3/c1-3-9-7-10(13(14)15)5-6-11(9)18-8-12(16)17-4-2/h5-7H,3-4,8H2,1-2H3,(H3,14,15). The Labute approximate surface area is 106 Å². The topological polar surface area (TPSA) is 85.4 Å². The Morgan fingerprint density at radius 2 is 2.11 bits per heavy atom. The number of carbonyl (C=O) groups excluding carboxylic acids is 1. The van der Waals surface area contributed by atoms with Crippen LogP contribution in [0.25, 0.3) is 0 Å². The monoisotopic (exact) mass is 250 g/mol. The smallest absolute Gasteiger partial charge is 0.344 e. The minimum atomic E-state index is -0.393. The van der Waals surface area contributed by atoms with E-state index in [1.54, 1.807) is 25.1 Å². The third-order valence-corrected chi connectivity index (χ3v) is 2.40. The number of aryl methyl sites for hydroxylation is 1. The van der Waals surface area contributed by atoms with Crippen molar-refractivity contribution in [3.05, 3.63) is 29.3 Å². The van der Waals surface area contributed by atoms with Gasteiger partial charge in [0.15, 0.2) is 6.61 Å². The molecule has 0 atom stereocenters. The molecule has 0 spiro atoms. The van der Waals surface area contributed by atoms with Gasteiger partial charge in [-0.15, -0.1) is 0 Å². The zero-order valence-electron chi connectivity index (χ0n) is 10.7. The summed E-state index contributed by atoms with van der Waals surface area (Å²) in [5.41, 5.74) is 6.98. The molecule has 0 aromatic heterocycles. The predicted octanol–water partition coefficient (Wildman–Crippen LogP) is 1.47. The van der Waals surface area contributed by atoms with Crippen molar-refractivity contribution in [3.63, 3.8) is 0 Å². The summed E-state index contributed by atoms with van der Waals surface area (Å²) in [6.45, 7) is 3.94. The van der Waals surface area contributed by atoms with Gasteiger partial charge in [0.2, 0.25) is 0 Å². The van der Waals surface area contributed by atoms with Gasteiger partial charge >= 0.3 is 5.97 Å². The Hall–Kier alpha value is -2.04. The molecule has 1 rings (SSSR count). The third kappa shape index (κ3) is 3.76. The molecule has 0 aliphatic rings. The van der Waals surface area contributed by atoms with Crippen LogP contribution in [0.1, 0.15) is 25.0 Å². The maximum absolute atomic E-state index is 11.2. The number of nitrogens with one attached hydrogen (secondary N) is 1. The van der Waals surface area contributed by atoms with Gasteiger partial charge in [0, 0.05) is 5.56 Å². The summed E-state index contributed by atoms with van der Waals surface area (Å²) in [6.07, 6.45) is 0.735. The second-order valence-corrected chi connectivity index (χ2v) is 3.68. The maximum Gasteiger partial charge on any atom is 0.344 e. The molecule has 0 saturated heterocycles. The van der Waals surface area contributed by atoms with Crippen molar-refractivity contribution in [2.45, 2.75) is 20.3 Å². The van der Waals surface area contributed by atoms with E-state index < -0.39 is 5.97 Å². The van der Waals surface area contributed by atoms with E-state index >= 15 is 0 Å². The van der Waals surface area contributed by atoms with E-state index in [9.17, 15) is 4.79 Å². The van der Waals surface area contributed by atoms with E-state index in [0.29, 0.717) is 17.9 Å². The highest BCUT2D eigenvalue weighted by Gasteiger charge is 2.08. The Balaban J connectivity index is 2.76. The van der Waals surface area contributed by atoms with Gasteiger partial charge in [0.05, 0.1) is 6.61 Å². The zero-order chi connectivity index (χ0) is 13.5. The molecule has 0 fully saturated rings. The Kier molecular flexibility index (Phi) is 5.17. The molecular formula is C13H18N2O3. The quantitative estimate of drug-likeness (QED) is 0.455. The lowest BCUT2D eigenvalue weighted by molar-refractivity contribution is -0.145. The number of nitrogens with two attached hydrogens (primary N) is 1. The number of benzene rings is 1. The number of hydrogen-bond acceptors (Lipinski definition) is 4. The molecule has 0 aliphatic carbocycles. The summed E-state index contributed by atoms with van der Waals surface area (Å²) in [7, 11) is 0. The van der Waals surface area contributed by atoms with E-state index in [2.05, 4.69) is 0 Å². The fourth-order valence-corrected chi connectivity index (χ4v) is 1.50. The Morgan fingerprint density at radius 1 is 1.39 bits per heavy atom. The van der Waals surface area contributed by atoms with Gasteiger partial charge < -0.3 is 15.2 Å². The number of carbonyl (C=O) groups is 1. The summed E-state index contributed by atoms with van der Waals surface area (Å²) in [5, 5.41) is 7.37. The maximum atomic E-state index is 11.2. The van der Waals surface area contributed by atoms with Crippen LogP contribution in [-0.4, -0.2) is 25.0 Å². The van der Waals surface area contributed by atoms with Gasteiger partial charge in [-0.3, -0.25) is 5.41 Å². The van der Waals surface area contributed by atoms with Crippen LogP contribution in [0.15, 0.2) is 18.2 Å². The molecule has 0 heterocycles. The summed E-state index contributed by atoms with van der Waals surface area (Å²) in [4.78, 5) is 11.2. The highest BCUT2D eigenvalue weighted by Crippen LogP contribution is 2.20. The molecule has 0 radical (unpaired) electrons. The van der Waals surface area contributed by atoms with Crippen molar-refractivity contribution in [2.75, 3.05) is 13.2 Å². The van der Waals surface area contributed by atoms with Gasteiger partial charge in [-0.25, -0.2) is 4.79 Å². The number of rotatable bonds is 6. The summed E-state index contributed by atoms with van der Waals surface area (Å²) < 4.78 is 10.2. The summed E-state index contributed by atoms with van der Waals surface area (Å²) in [6, 6.07) is 5.21. The van der Waals surface area contributed by atoms with Crippen molar-refractivity contribution in [1.29, 1.82) is 5.41 Å². The van der Waals surface area contributed by atoms with Gasteiger partial charge in [-0.05, 0) is 37.1 Å². The molecule has 0 aliphatic heterocycles. The molecule has 0 saturated carbocycles. The number of hydrogen-bond donors (Lipinski definition) is 2. The van der Waals surface area contributed by atoms with Crippen molar-refractivity contribution in [3.8, 4) is 5.75 Å². The lowest BCUT2D eigenvalue weighted by Crippen LogP contribution is -2.16. The minimum Gasteiger partial charge on any atom is -0.482 e. The van der Waals surface area contributed by atoms with Crippen LogP contribution in [-0.2, 0) is 16.0 Å². The average Bonchev–Trinajstić information content (AvgIpc) is 2.36.